The van der Waals surface area contributed by atoms with E-state index < -0.39 is 5.82 Å². The quantitative estimate of drug-likeness (QED) is 0.533. The zero-order chi connectivity index (χ0) is 18.8. The highest BCUT2D eigenvalue weighted by Gasteiger charge is 2.14. The lowest BCUT2D eigenvalue weighted by molar-refractivity contribution is 0.429. The summed E-state index contributed by atoms with van der Waals surface area (Å²) in [5.41, 5.74) is 1.02. The summed E-state index contributed by atoms with van der Waals surface area (Å²) in [7, 11) is 0. The molecule has 10 heteroatoms. The van der Waals surface area contributed by atoms with Crippen molar-refractivity contribution in [2.75, 3.05) is 0 Å². The summed E-state index contributed by atoms with van der Waals surface area (Å²) < 4.78 is 19.7. The minimum atomic E-state index is -0.492. The van der Waals surface area contributed by atoms with Crippen LogP contribution < -0.4 is 5.56 Å². The first-order valence-corrected chi connectivity index (χ1v) is 8.09. The smallest absolute Gasteiger partial charge is 0.278 e. The minimum Gasteiger partial charge on any atom is -0.332 e. The number of hydrogen-bond donors (Lipinski definition) is 0. The van der Waals surface area contributed by atoms with Gasteiger partial charge in [-0.1, -0.05) is 16.8 Å². The van der Waals surface area contributed by atoms with Crippen LogP contribution in [-0.2, 0) is 6.54 Å². The van der Waals surface area contributed by atoms with Crippen LogP contribution in [0.2, 0.25) is 5.02 Å². The standard InChI is InChI=1S/C17H10ClFN6O2/c18-12-4-11(6-21-7-12)16-22-17(27-24-16)14-1-2-15(26)25(23-14)9-10-3-13(19)8-20-5-10/h1-8H,9H2. The molecule has 27 heavy (non-hydrogen) atoms. The van der Waals surface area contributed by atoms with Crippen LogP contribution in [0.1, 0.15) is 5.56 Å². The topological polar surface area (TPSA) is 99.6 Å². The van der Waals surface area contributed by atoms with Gasteiger partial charge in [-0.2, -0.15) is 10.1 Å². The molecule has 0 aliphatic carbocycles. The number of halogens is 2. The Bertz CT molecular complexity index is 1180. The van der Waals surface area contributed by atoms with Crippen molar-refractivity contribution < 1.29 is 8.91 Å². The molecule has 0 N–H and O–H groups in total. The predicted molar refractivity (Wildman–Crippen MR) is 93.3 cm³/mol. The highest BCUT2D eigenvalue weighted by atomic mass is 35.5. The first kappa shape index (κ1) is 17.0. The molecule has 4 aromatic heterocycles. The van der Waals surface area contributed by atoms with Crippen LogP contribution in [0.15, 0.2) is 58.4 Å². The summed E-state index contributed by atoms with van der Waals surface area (Å²) in [6.07, 6.45) is 5.58. The highest BCUT2D eigenvalue weighted by molar-refractivity contribution is 6.30. The van der Waals surface area contributed by atoms with Crippen LogP contribution in [-0.4, -0.2) is 29.9 Å². The van der Waals surface area contributed by atoms with Gasteiger partial charge in [0.1, 0.15) is 11.5 Å². The molecule has 0 saturated carbocycles. The predicted octanol–water partition coefficient (Wildman–Crippen LogP) is 2.59. The maximum absolute atomic E-state index is 13.3. The van der Waals surface area contributed by atoms with Crippen LogP contribution in [0.5, 0.6) is 0 Å². The molecule has 4 rings (SSSR count). The lowest BCUT2D eigenvalue weighted by atomic mass is 10.3. The third-order valence-electron chi connectivity index (χ3n) is 3.57. The molecular weight excluding hydrogens is 375 g/mol. The molecule has 0 amide bonds. The summed E-state index contributed by atoms with van der Waals surface area (Å²) in [6, 6.07) is 5.72. The number of hydrogen-bond acceptors (Lipinski definition) is 7. The van der Waals surface area contributed by atoms with Crippen molar-refractivity contribution in [3.8, 4) is 23.0 Å². The molecule has 0 aromatic carbocycles. The monoisotopic (exact) mass is 384 g/mol. The van der Waals surface area contributed by atoms with E-state index in [9.17, 15) is 9.18 Å². The summed E-state index contributed by atoms with van der Waals surface area (Å²) in [6.45, 7) is 0.0522. The van der Waals surface area contributed by atoms with E-state index in [0.717, 1.165) is 10.9 Å². The number of nitrogens with zero attached hydrogens (tertiary/aromatic N) is 6. The maximum Gasteiger partial charge on any atom is 0.278 e. The average molecular weight is 385 g/mol. The van der Waals surface area contributed by atoms with Gasteiger partial charge in [-0.05, 0) is 23.8 Å². The van der Waals surface area contributed by atoms with Gasteiger partial charge in [0.25, 0.3) is 11.4 Å². The molecule has 134 valence electrons. The molecule has 0 spiro atoms. The van der Waals surface area contributed by atoms with Gasteiger partial charge in [0.15, 0.2) is 0 Å². The average Bonchev–Trinajstić information content (AvgIpc) is 3.14. The van der Waals surface area contributed by atoms with Gasteiger partial charge in [0.2, 0.25) is 5.82 Å². The molecule has 0 atom stereocenters. The zero-order valence-corrected chi connectivity index (χ0v) is 14.3. The van der Waals surface area contributed by atoms with Gasteiger partial charge in [-0.3, -0.25) is 14.8 Å². The van der Waals surface area contributed by atoms with Crippen molar-refractivity contribution in [2.24, 2.45) is 0 Å². The summed E-state index contributed by atoms with van der Waals surface area (Å²) in [4.78, 5) is 24.0. The van der Waals surface area contributed by atoms with Crippen molar-refractivity contribution in [1.29, 1.82) is 0 Å². The normalized spacial score (nSPS) is 10.9. The van der Waals surface area contributed by atoms with Crippen molar-refractivity contribution in [3.05, 3.63) is 75.8 Å². The van der Waals surface area contributed by atoms with E-state index in [2.05, 4.69) is 25.2 Å². The lowest BCUT2D eigenvalue weighted by Gasteiger charge is -2.05. The van der Waals surface area contributed by atoms with Gasteiger partial charge in [-0.25, -0.2) is 9.07 Å². The second kappa shape index (κ2) is 7.04. The van der Waals surface area contributed by atoms with Crippen molar-refractivity contribution in [2.45, 2.75) is 6.54 Å². The summed E-state index contributed by atoms with van der Waals surface area (Å²) in [5.74, 6) is -0.0849. The second-order valence-electron chi connectivity index (χ2n) is 5.54. The third-order valence-corrected chi connectivity index (χ3v) is 3.78. The van der Waals surface area contributed by atoms with Crippen LogP contribution in [0.25, 0.3) is 23.0 Å². The van der Waals surface area contributed by atoms with Crippen LogP contribution >= 0.6 is 11.6 Å². The molecule has 0 saturated heterocycles. The molecule has 8 nitrogen and oxygen atoms in total. The first-order valence-electron chi connectivity index (χ1n) is 7.71. The summed E-state index contributed by atoms with van der Waals surface area (Å²) >= 11 is 5.91. The molecule has 0 unspecified atom stereocenters. The summed E-state index contributed by atoms with van der Waals surface area (Å²) in [5, 5.41) is 8.53. The Morgan fingerprint density at radius 1 is 1.11 bits per heavy atom. The Kier molecular flexibility index (Phi) is 4.43. The molecule has 0 radical (unpaired) electrons. The number of rotatable bonds is 4. The molecule has 0 aliphatic rings. The van der Waals surface area contributed by atoms with Crippen LogP contribution in [0.3, 0.4) is 0 Å². The number of pyridine rings is 2. The Labute approximate surface area is 156 Å². The van der Waals surface area contributed by atoms with Crippen molar-refractivity contribution in [3.63, 3.8) is 0 Å². The van der Waals surface area contributed by atoms with E-state index >= 15 is 0 Å². The SMILES string of the molecule is O=c1ccc(-c2nc(-c3cncc(Cl)c3)no2)nn1Cc1cncc(F)c1. The fourth-order valence-corrected chi connectivity index (χ4v) is 2.54. The lowest BCUT2D eigenvalue weighted by Crippen LogP contribution is -2.23. The van der Waals surface area contributed by atoms with E-state index in [0.29, 0.717) is 21.8 Å². The molecular formula is C17H10ClFN6O2. The fraction of sp³-hybridized carbons (Fsp3) is 0.0588. The molecule has 0 aliphatic heterocycles. The second-order valence-corrected chi connectivity index (χ2v) is 5.98. The minimum absolute atomic E-state index is 0.0522. The van der Waals surface area contributed by atoms with Crippen LogP contribution in [0.4, 0.5) is 4.39 Å². The van der Waals surface area contributed by atoms with Crippen molar-refractivity contribution in [1.82, 2.24) is 29.9 Å². The van der Waals surface area contributed by atoms with E-state index in [-0.39, 0.29) is 23.8 Å². The maximum atomic E-state index is 13.3. The van der Waals surface area contributed by atoms with Gasteiger partial charge in [-0.15, -0.1) is 0 Å². The molecule has 0 fully saturated rings. The van der Waals surface area contributed by atoms with E-state index in [4.69, 9.17) is 16.1 Å². The van der Waals surface area contributed by atoms with Gasteiger partial charge in [0, 0.05) is 30.2 Å². The van der Waals surface area contributed by atoms with Crippen molar-refractivity contribution >= 4 is 11.6 Å². The fourth-order valence-electron chi connectivity index (χ4n) is 2.37. The van der Waals surface area contributed by atoms with E-state index in [1.54, 1.807) is 12.3 Å². The van der Waals surface area contributed by atoms with E-state index in [1.165, 1.54) is 30.6 Å². The Hall–Kier alpha value is -3.46. The highest BCUT2D eigenvalue weighted by Crippen LogP contribution is 2.21. The van der Waals surface area contributed by atoms with Gasteiger partial charge < -0.3 is 4.52 Å². The van der Waals surface area contributed by atoms with Gasteiger partial charge >= 0.3 is 0 Å². The van der Waals surface area contributed by atoms with E-state index in [1.807, 2.05) is 0 Å². The largest absolute Gasteiger partial charge is 0.332 e. The zero-order valence-electron chi connectivity index (χ0n) is 13.6. The number of aromatic nitrogens is 6. The third kappa shape index (κ3) is 3.72. The molecule has 4 aromatic rings. The molecule has 0 bridgehead atoms. The van der Waals surface area contributed by atoms with Crippen LogP contribution in [0, 0.1) is 5.82 Å². The first-order chi connectivity index (χ1) is 13.1. The van der Waals surface area contributed by atoms with Gasteiger partial charge in [0.05, 0.1) is 17.8 Å². The molecule has 4 heterocycles. The Morgan fingerprint density at radius 2 is 1.96 bits per heavy atom. The Balaban J connectivity index is 1.66. The Morgan fingerprint density at radius 3 is 2.78 bits per heavy atom.